The van der Waals surface area contributed by atoms with Crippen LogP contribution in [0.25, 0.3) is 0 Å². The van der Waals surface area contributed by atoms with Gasteiger partial charge in [0.05, 0.1) is 19.8 Å². The smallest absolute Gasteiger partial charge is 0.194 e. The average molecular weight is 395 g/mol. The van der Waals surface area contributed by atoms with Crippen LogP contribution in [0, 0.1) is 0 Å². The van der Waals surface area contributed by atoms with Crippen LogP contribution < -0.4 is 10.1 Å². The van der Waals surface area contributed by atoms with Crippen LogP contribution in [0.2, 0.25) is 5.02 Å². The molecule has 0 bridgehead atoms. The molecule has 0 aliphatic carbocycles. The van der Waals surface area contributed by atoms with E-state index in [2.05, 4.69) is 22.0 Å². The quantitative estimate of drug-likeness (QED) is 0.593. The largest absolute Gasteiger partial charge is 0.489 e. The van der Waals surface area contributed by atoms with E-state index in [1.54, 1.807) is 0 Å². The molecule has 7 heteroatoms. The van der Waals surface area contributed by atoms with E-state index in [-0.39, 0.29) is 6.10 Å². The number of guanidine groups is 1. The van der Waals surface area contributed by atoms with Gasteiger partial charge >= 0.3 is 0 Å². The van der Waals surface area contributed by atoms with E-state index in [4.69, 9.17) is 26.1 Å². The highest BCUT2D eigenvalue weighted by Crippen LogP contribution is 2.18. The fraction of sp³-hybridized carbons (Fsp3) is 0.650. The maximum absolute atomic E-state index is 5.94. The Kier molecular flexibility index (Phi) is 7.61. The lowest BCUT2D eigenvalue weighted by molar-refractivity contribution is 0.0195. The van der Waals surface area contributed by atoms with E-state index < -0.39 is 0 Å². The van der Waals surface area contributed by atoms with Gasteiger partial charge < -0.3 is 19.7 Å². The Morgan fingerprint density at radius 3 is 2.74 bits per heavy atom. The molecule has 6 nitrogen and oxygen atoms in total. The molecule has 1 aromatic carbocycles. The molecule has 2 heterocycles. The Hall–Kier alpha value is -1.50. The van der Waals surface area contributed by atoms with Crippen molar-refractivity contribution < 1.29 is 9.47 Å². The lowest BCUT2D eigenvalue weighted by Gasteiger charge is -2.32. The van der Waals surface area contributed by atoms with Gasteiger partial charge in [-0.25, -0.2) is 4.99 Å². The summed E-state index contributed by atoms with van der Waals surface area (Å²) in [5, 5.41) is 4.15. The van der Waals surface area contributed by atoms with Gasteiger partial charge in [0.2, 0.25) is 0 Å². The molecule has 1 N–H and O–H groups in total. The highest BCUT2D eigenvalue weighted by Gasteiger charge is 2.30. The number of ether oxygens (including phenoxy) is 2. The van der Waals surface area contributed by atoms with Crippen LogP contribution in [0.15, 0.2) is 29.3 Å². The number of nitrogens with zero attached hydrogens (tertiary/aromatic N) is 3. The predicted octanol–water partition coefficient (Wildman–Crippen LogP) is 2.48. The Morgan fingerprint density at radius 2 is 2.04 bits per heavy atom. The summed E-state index contributed by atoms with van der Waals surface area (Å²) in [6, 6.07) is 8.06. The zero-order valence-electron chi connectivity index (χ0n) is 16.4. The summed E-state index contributed by atoms with van der Waals surface area (Å²) in [4.78, 5) is 9.75. The minimum Gasteiger partial charge on any atom is -0.489 e. The molecule has 0 saturated carbocycles. The van der Waals surface area contributed by atoms with Gasteiger partial charge in [0.1, 0.15) is 11.9 Å². The second-order valence-corrected chi connectivity index (χ2v) is 7.55. The van der Waals surface area contributed by atoms with Gasteiger partial charge in [0.25, 0.3) is 0 Å². The first-order valence-electron chi connectivity index (χ1n) is 9.93. The molecule has 0 radical (unpaired) electrons. The van der Waals surface area contributed by atoms with Crippen LogP contribution in [-0.4, -0.2) is 80.4 Å². The molecule has 0 aromatic heterocycles. The van der Waals surface area contributed by atoms with Gasteiger partial charge in [-0.2, -0.15) is 0 Å². The van der Waals surface area contributed by atoms with Crippen molar-refractivity contribution in [2.24, 2.45) is 4.99 Å². The number of nitrogens with one attached hydrogen (secondary N) is 1. The van der Waals surface area contributed by atoms with Crippen molar-refractivity contribution in [3.63, 3.8) is 0 Å². The van der Waals surface area contributed by atoms with E-state index in [9.17, 15) is 0 Å². The molecule has 2 saturated heterocycles. The van der Waals surface area contributed by atoms with Crippen molar-refractivity contribution >= 4 is 17.6 Å². The highest BCUT2D eigenvalue weighted by molar-refractivity contribution is 6.30. The molecular formula is C20H31ClN4O2. The minimum absolute atomic E-state index is 0.00234. The number of benzene rings is 1. The molecule has 2 aliphatic heterocycles. The third-order valence-electron chi connectivity index (χ3n) is 5.01. The molecule has 2 aliphatic rings. The fourth-order valence-corrected chi connectivity index (χ4v) is 3.72. The first-order chi connectivity index (χ1) is 13.2. The topological polar surface area (TPSA) is 49.3 Å². The number of halogens is 1. The van der Waals surface area contributed by atoms with Crippen LogP contribution in [-0.2, 0) is 4.74 Å². The summed E-state index contributed by atoms with van der Waals surface area (Å²) < 4.78 is 11.4. The van der Waals surface area contributed by atoms with Gasteiger partial charge in [-0.1, -0.05) is 11.6 Å². The van der Waals surface area contributed by atoms with Gasteiger partial charge in [0, 0.05) is 43.8 Å². The summed E-state index contributed by atoms with van der Waals surface area (Å²) in [5.74, 6) is 1.81. The Balaban J connectivity index is 1.53. The molecule has 27 heavy (non-hydrogen) atoms. The molecule has 1 aromatic rings. The molecule has 0 spiro atoms. The lowest BCUT2D eigenvalue weighted by atomic mass is 10.2. The molecule has 3 rings (SSSR count). The third-order valence-corrected chi connectivity index (χ3v) is 5.26. The average Bonchev–Trinajstić information content (AvgIpc) is 3.18. The molecule has 2 unspecified atom stereocenters. The van der Waals surface area contributed by atoms with Crippen LogP contribution in [0.5, 0.6) is 5.75 Å². The number of morpholine rings is 1. The summed E-state index contributed by atoms with van der Waals surface area (Å²) in [5.41, 5.74) is 0. The van der Waals surface area contributed by atoms with Crippen molar-refractivity contribution in [1.29, 1.82) is 0 Å². The molecular weight excluding hydrogens is 364 g/mol. The minimum atomic E-state index is -0.00234. The summed E-state index contributed by atoms with van der Waals surface area (Å²) in [6.07, 6.45) is 1.18. The monoisotopic (exact) mass is 394 g/mol. The fourth-order valence-electron chi connectivity index (χ4n) is 3.60. The van der Waals surface area contributed by atoms with E-state index >= 15 is 0 Å². The molecule has 2 atom stereocenters. The van der Waals surface area contributed by atoms with Crippen molar-refractivity contribution in [3.05, 3.63) is 29.3 Å². The SMILES string of the molecule is CCNC(=NCC(C)Oc1ccc(Cl)cc1)N1CCC(N2CCOCC2)C1. The summed E-state index contributed by atoms with van der Waals surface area (Å²) >= 11 is 5.92. The van der Waals surface area contributed by atoms with Gasteiger partial charge in [-0.15, -0.1) is 0 Å². The normalized spacial score (nSPS) is 22.7. The first-order valence-corrected chi connectivity index (χ1v) is 10.3. The van der Waals surface area contributed by atoms with Crippen LogP contribution in [0.1, 0.15) is 20.3 Å². The van der Waals surface area contributed by atoms with Crippen molar-refractivity contribution in [2.45, 2.75) is 32.4 Å². The lowest BCUT2D eigenvalue weighted by Crippen LogP contribution is -2.46. The molecule has 2 fully saturated rings. The molecule has 150 valence electrons. The van der Waals surface area contributed by atoms with Crippen LogP contribution >= 0.6 is 11.6 Å². The Bertz CT molecular complexity index is 605. The van der Waals surface area contributed by atoms with Crippen LogP contribution in [0.3, 0.4) is 0 Å². The second kappa shape index (κ2) is 10.2. The standard InChI is InChI=1S/C20H31ClN4O2/c1-3-22-20(23-14-16(2)27-19-6-4-17(21)5-7-19)25-9-8-18(15-25)24-10-12-26-13-11-24/h4-7,16,18H,3,8-15H2,1-2H3,(H,22,23). The summed E-state index contributed by atoms with van der Waals surface area (Å²) in [6.45, 7) is 11.5. The summed E-state index contributed by atoms with van der Waals surface area (Å²) in [7, 11) is 0. The Labute approximate surface area is 167 Å². The Morgan fingerprint density at radius 1 is 1.30 bits per heavy atom. The maximum Gasteiger partial charge on any atom is 0.194 e. The van der Waals surface area contributed by atoms with E-state index in [1.807, 2.05) is 31.2 Å². The van der Waals surface area contributed by atoms with E-state index in [0.717, 1.165) is 57.6 Å². The number of hydrogen-bond donors (Lipinski definition) is 1. The predicted molar refractivity (Wildman–Crippen MR) is 110 cm³/mol. The first kappa shape index (κ1) is 20.2. The third kappa shape index (κ3) is 5.99. The van der Waals surface area contributed by atoms with Gasteiger partial charge in [-0.05, 0) is 44.5 Å². The zero-order valence-corrected chi connectivity index (χ0v) is 17.1. The van der Waals surface area contributed by atoms with Gasteiger partial charge in [0.15, 0.2) is 5.96 Å². The zero-order chi connectivity index (χ0) is 19.1. The second-order valence-electron chi connectivity index (χ2n) is 7.11. The van der Waals surface area contributed by atoms with Crippen LogP contribution in [0.4, 0.5) is 0 Å². The number of aliphatic imine (C=N–C) groups is 1. The van der Waals surface area contributed by atoms with Crippen molar-refractivity contribution in [3.8, 4) is 5.75 Å². The van der Waals surface area contributed by atoms with E-state index in [1.165, 1.54) is 6.42 Å². The van der Waals surface area contributed by atoms with Gasteiger partial charge in [-0.3, -0.25) is 4.90 Å². The highest BCUT2D eigenvalue weighted by atomic mass is 35.5. The number of hydrogen-bond acceptors (Lipinski definition) is 4. The van der Waals surface area contributed by atoms with Crippen molar-refractivity contribution in [2.75, 3.05) is 52.5 Å². The maximum atomic E-state index is 5.94. The van der Waals surface area contributed by atoms with E-state index in [0.29, 0.717) is 17.6 Å². The van der Waals surface area contributed by atoms with Crippen molar-refractivity contribution in [1.82, 2.24) is 15.1 Å². The number of rotatable bonds is 6. The molecule has 0 amide bonds. The number of likely N-dealkylation sites (tertiary alicyclic amines) is 1.